The van der Waals surface area contributed by atoms with E-state index in [1.165, 1.54) is 7.11 Å². The number of carbonyl (C=O) groups is 1. The van der Waals surface area contributed by atoms with Crippen LogP contribution in [0.3, 0.4) is 0 Å². The summed E-state index contributed by atoms with van der Waals surface area (Å²) >= 11 is 0. The summed E-state index contributed by atoms with van der Waals surface area (Å²) in [5.74, 6) is 0.611. The molecular formula is C14H20O4. The van der Waals surface area contributed by atoms with Crippen molar-refractivity contribution in [2.24, 2.45) is 0 Å². The number of hydrogen-bond donors (Lipinski definition) is 1. The van der Waals surface area contributed by atoms with Crippen LogP contribution in [0.1, 0.15) is 29.5 Å². The van der Waals surface area contributed by atoms with E-state index in [-0.39, 0.29) is 12.6 Å². The van der Waals surface area contributed by atoms with Crippen LogP contribution >= 0.6 is 0 Å². The number of carbonyl (C=O) groups excluding carboxylic acids is 1. The molecule has 0 fully saturated rings. The molecule has 0 aliphatic heterocycles. The van der Waals surface area contributed by atoms with Gasteiger partial charge in [-0.3, -0.25) is 4.79 Å². The van der Waals surface area contributed by atoms with Crippen molar-refractivity contribution in [1.29, 1.82) is 0 Å². The van der Waals surface area contributed by atoms with Crippen molar-refractivity contribution in [2.45, 2.75) is 33.3 Å². The van der Waals surface area contributed by atoms with Crippen LogP contribution in [0.15, 0.2) is 12.1 Å². The lowest BCUT2D eigenvalue weighted by molar-refractivity contribution is -0.140. The van der Waals surface area contributed by atoms with Gasteiger partial charge in [0.15, 0.2) is 0 Å². The maximum atomic E-state index is 10.9. The van der Waals surface area contributed by atoms with Crippen LogP contribution in [0.5, 0.6) is 5.75 Å². The van der Waals surface area contributed by atoms with Crippen molar-refractivity contribution >= 4 is 5.97 Å². The Kier molecular flexibility index (Phi) is 5.65. The first-order chi connectivity index (χ1) is 8.58. The normalized spacial score (nSPS) is 10.2. The van der Waals surface area contributed by atoms with E-state index in [9.17, 15) is 4.79 Å². The van der Waals surface area contributed by atoms with Crippen LogP contribution < -0.4 is 4.74 Å². The second kappa shape index (κ2) is 7.01. The second-order valence-electron chi connectivity index (χ2n) is 4.25. The number of aliphatic hydroxyl groups is 1. The third-order valence-electron chi connectivity index (χ3n) is 2.70. The van der Waals surface area contributed by atoms with E-state index in [1.54, 1.807) is 0 Å². The van der Waals surface area contributed by atoms with Gasteiger partial charge in [-0.1, -0.05) is 12.1 Å². The maximum absolute atomic E-state index is 10.9. The molecule has 0 atom stereocenters. The van der Waals surface area contributed by atoms with Gasteiger partial charge in [-0.15, -0.1) is 0 Å². The molecule has 4 heteroatoms. The first-order valence-corrected chi connectivity index (χ1v) is 5.99. The molecule has 0 aliphatic rings. The Morgan fingerprint density at radius 2 is 1.89 bits per heavy atom. The van der Waals surface area contributed by atoms with E-state index >= 15 is 0 Å². The van der Waals surface area contributed by atoms with Gasteiger partial charge < -0.3 is 14.6 Å². The van der Waals surface area contributed by atoms with Crippen molar-refractivity contribution in [1.82, 2.24) is 0 Å². The fourth-order valence-corrected chi connectivity index (χ4v) is 1.85. The van der Waals surface area contributed by atoms with Gasteiger partial charge in [-0.2, -0.15) is 0 Å². The van der Waals surface area contributed by atoms with Gasteiger partial charge in [0.05, 0.1) is 20.3 Å². The van der Waals surface area contributed by atoms with Crippen LogP contribution in [-0.4, -0.2) is 24.8 Å². The zero-order chi connectivity index (χ0) is 13.5. The predicted molar refractivity (Wildman–Crippen MR) is 68.6 cm³/mol. The highest BCUT2D eigenvalue weighted by molar-refractivity contribution is 5.69. The topological polar surface area (TPSA) is 55.8 Å². The van der Waals surface area contributed by atoms with Gasteiger partial charge in [-0.25, -0.2) is 0 Å². The average molecular weight is 252 g/mol. The molecule has 0 heterocycles. The number of methoxy groups -OCH3 is 1. The number of benzene rings is 1. The minimum Gasteiger partial charge on any atom is -0.493 e. The quantitative estimate of drug-likeness (QED) is 0.622. The van der Waals surface area contributed by atoms with Crippen LogP contribution in [-0.2, 0) is 16.1 Å². The number of aryl methyl sites for hydroxylation is 2. The molecule has 18 heavy (non-hydrogen) atoms. The summed E-state index contributed by atoms with van der Waals surface area (Å²) in [6.07, 6.45) is 0.997. The van der Waals surface area contributed by atoms with Gasteiger partial charge in [0.1, 0.15) is 5.75 Å². The van der Waals surface area contributed by atoms with E-state index in [1.807, 2.05) is 26.0 Å². The molecule has 0 aliphatic carbocycles. The van der Waals surface area contributed by atoms with E-state index in [4.69, 9.17) is 9.84 Å². The van der Waals surface area contributed by atoms with E-state index in [0.717, 1.165) is 22.4 Å². The Balaban J connectivity index is 2.54. The number of ether oxygens (including phenoxy) is 2. The Hall–Kier alpha value is -1.55. The molecule has 100 valence electrons. The minimum absolute atomic E-state index is 0.0320. The molecule has 0 aromatic heterocycles. The van der Waals surface area contributed by atoms with E-state index < -0.39 is 0 Å². The highest BCUT2D eigenvalue weighted by Gasteiger charge is 2.07. The van der Waals surface area contributed by atoms with Gasteiger partial charge in [-0.05, 0) is 37.0 Å². The average Bonchev–Trinajstić information content (AvgIpc) is 2.36. The van der Waals surface area contributed by atoms with Crippen molar-refractivity contribution < 1.29 is 19.4 Å². The molecule has 4 nitrogen and oxygen atoms in total. The molecule has 0 spiro atoms. The third kappa shape index (κ3) is 4.04. The van der Waals surface area contributed by atoms with Crippen molar-refractivity contribution in [3.8, 4) is 5.75 Å². The number of rotatable bonds is 6. The van der Waals surface area contributed by atoms with Crippen LogP contribution in [0.25, 0.3) is 0 Å². The smallest absolute Gasteiger partial charge is 0.305 e. The van der Waals surface area contributed by atoms with Crippen molar-refractivity contribution in [3.05, 3.63) is 28.8 Å². The molecule has 0 saturated heterocycles. The monoisotopic (exact) mass is 252 g/mol. The maximum Gasteiger partial charge on any atom is 0.305 e. The lowest BCUT2D eigenvalue weighted by Crippen LogP contribution is -2.06. The largest absolute Gasteiger partial charge is 0.493 e. The number of esters is 1. The van der Waals surface area contributed by atoms with Crippen molar-refractivity contribution in [3.63, 3.8) is 0 Å². The summed E-state index contributed by atoms with van der Waals surface area (Å²) < 4.78 is 10.2. The highest BCUT2D eigenvalue weighted by atomic mass is 16.5. The fraction of sp³-hybridized carbons (Fsp3) is 0.500. The Labute approximate surface area is 108 Å². The summed E-state index contributed by atoms with van der Waals surface area (Å²) in [6.45, 7) is 4.41. The summed E-state index contributed by atoms with van der Waals surface area (Å²) in [4.78, 5) is 10.9. The summed E-state index contributed by atoms with van der Waals surface area (Å²) in [5.41, 5.74) is 2.88. The standard InChI is InChI=1S/C14H20O4/c1-10-7-12(9-15)8-11(2)14(10)18-6-4-5-13(16)17-3/h7-8,15H,4-6,9H2,1-3H3. The molecule has 0 radical (unpaired) electrons. The summed E-state index contributed by atoms with van der Waals surface area (Å²) in [6, 6.07) is 3.81. The van der Waals surface area contributed by atoms with Gasteiger partial charge in [0.2, 0.25) is 0 Å². The van der Waals surface area contributed by atoms with Crippen LogP contribution in [0.4, 0.5) is 0 Å². The zero-order valence-electron chi connectivity index (χ0n) is 11.2. The lowest BCUT2D eigenvalue weighted by atomic mass is 10.1. The van der Waals surface area contributed by atoms with Crippen LogP contribution in [0.2, 0.25) is 0 Å². The van der Waals surface area contributed by atoms with Gasteiger partial charge in [0.25, 0.3) is 0 Å². The van der Waals surface area contributed by atoms with Gasteiger partial charge >= 0.3 is 5.97 Å². The van der Waals surface area contributed by atoms with Crippen LogP contribution in [0, 0.1) is 13.8 Å². The molecule has 1 aromatic rings. The molecule has 0 unspecified atom stereocenters. The molecular weight excluding hydrogens is 232 g/mol. The number of aliphatic hydroxyl groups excluding tert-OH is 1. The SMILES string of the molecule is COC(=O)CCCOc1c(C)cc(CO)cc1C. The predicted octanol–water partition coefficient (Wildman–Crippen LogP) is 2.13. The fourth-order valence-electron chi connectivity index (χ4n) is 1.85. The summed E-state index contributed by atoms with van der Waals surface area (Å²) in [7, 11) is 1.38. The minimum atomic E-state index is -0.220. The summed E-state index contributed by atoms with van der Waals surface area (Å²) in [5, 5.41) is 9.09. The molecule has 1 rings (SSSR count). The van der Waals surface area contributed by atoms with Gasteiger partial charge in [0, 0.05) is 6.42 Å². The Bertz CT molecular complexity index is 389. The second-order valence-corrected chi connectivity index (χ2v) is 4.25. The first-order valence-electron chi connectivity index (χ1n) is 5.99. The highest BCUT2D eigenvalue weighted by Crippen LogP contribution is 2.25. The lowest BCUT2D eigenvalue weighted by Gasteiger charge is -2.13. The molecule has 0 saturated carbocycles. The van der Waals surface area contributed by atoms with E-state index in [2.05, 4.69) is 4.74 Å². The Morgan fingerprint density at radius 3 is 2.39 bits per heavy atom. The molecule has 0 bridgehead atoms. The number of hydrogen-bond acceptors (Lipinski definition) is 4. The zero-order valence-corrected chi connectivity index (χ0v) is 11.2. The molecule has 1 aromatic carbocycles. The molecule has 1 N–H and O–H groups in total. The Morgan fingerprint density at radius 1 is 1.28 bits per heavy atom. The molecule has 0 amide bonds. The van der Waals surface area contributed by atoms with E-state index in [0.29, 0.717) is 19.4 Å². The first kappa shape index (κ1) is 14.5. The third-order valence-corrected chi connectivity index (χ3v) is 2.70. The van der Waals surface area contributed by atoms with Crippen molar-refractivity contribution in [2.75, 3.05) is 13.7 Å².